The molecule has 9 heteroatoms. The number of aromatic nitrogens is 2. The molecule has 1 aromatic heterocycles. The number of ether oxygens (including phenoxy) is 2. The first-order valence-corrected chi connectivity index (χ1v) is 7.28. The summed E-state index contributed by atoms with van der Waals surface area (Å²) in [5, 5.41) is 2.55. The second-order valence-electron chi connectivity index (χ2n) is 5.35. The maximum absolute atomic E-state index is 12.5. The number of rotatable bonds is 5. The van der Waals surface area contributed by atoms with Gasteiger partial charge >= 0.3 is 18.1 Å². The van der Waals surface area contributed by atoms with Crippen LogP contribution in [0.4, 0.5) is 9.59 Å². The number of nitrogens with one attached hydrogen (secondary N) is 1. The summed E-state index contributed by atoms with van der Waals surface area (Å²) in [4.78, 5) is 41.1. The maximum atomic E-state index is 12.5. The standard InChI is InChI=1S/C14H20N4O5/c1-9(2)23-13(20)16-4-5-17-11(12(19)22-3)6-10-7-15-8-18(10)14(17)21/h7-9,11H,4-6H2,1-3H3,(H,16,20). The SMILES string of the molecule is COC(=O)C1Cc2cncn2C(=O)N1CCNC(=O)OC(C)C. The van der Waals surface area contributed by atoms with Crippen molar-refractivity contribution in [3.05, 3.63) is 18.2 Å². The molecule has 0 bridgehead atoms. The van der Waals surface area contributed by atoms with Gasteiger partial charge in [-0.3, -0.25) is 4.57 Å². The summed E-state index contributed by atoms with van der Waals surface area (Å²) >= 11 is 0. The van der Waals surface area contributed by atoms with E-state index in [1.165, 1.54) is 22.9 Å². The lowest BCUT2D eigenvalue weighted by Gasteiger charge is -2.34. The van der Waals surface area contributed by atoms with Gasteiger partial charge < -0.3 is 19.7 Å². The number of hydrogen-bond donors (Lipinski definition) is 1. The molecular weight excluding hydrogens is 304 g/mol. The molecule has 126 valence electrons. The number of hydrogen-bond acceptors (Lipinski definition) is 6. The molecule has 0 spiro atoms. The molecule has 2 heterocycles. The molecule has 1 aromatic rings. The molecule has 0 aromatic carbocycles. The van der Waals surface area contributed by atoms with Gasteiger partial charge in [0, 0.05) is 31.4 Å². The van der Waals surface area contributed by atoms with Crippen molar-refractivity contribution in [2.24, 2.45) is 0 Å². The molecule has 2 amide bonds. The lowest BCUT2D eigenvalue weighted by atomic mass is 10.1. The van der Waals surface area contributed by atoms with Crippen molar-refractivity contribution < 1.29 is 23.9 Å². The van der Waals surface area contributed by atoms with Gasteiger partial charge in [-0.25, -0.2) is 19.4 Å². The first-order valence-electron chi connectivity index (χ1n) is 7.28. The van der Waals surface area contributed by atoms with Gasteiger partial charge in [0.25, 0.3) is 0 Å². The minimum Gasteiger partial charge on any atom is -0.467 e. The number of carbonyl (C=O) groups excluding carboxylic acids is 3. The van der Waals surface area contributed by atoms with Crippen LogP contribution in [0.25, 0.3) is 0 Å². The zero-order valence-corrected chi connectivity index (χ0v) is 13.3. The molecule has 1 aliphatic rings. The molecule has 0 fully saturated rings. The van der Waals surface area contributed by atoms with Crippen LogP contribution in [0.3, 0.4) is 0 Å². The number of methoxy groups -OCH3 is 1. The normalized spacial score (nSPS) is 17.0. The number of alkyl carbamates (subject to hydrolysis) is 1. The van der Waals surface area contributed by atoms with Crippen LogP contribution in [0.2, 0.25) is 0 Å². The molecule has 9 nitrogen and oxygen atoms in total. The van der Waals surface area contributed by atoms with Crippen LogP contribution in [0.5, 0.6) is 0 Å². The second-order valence-corrected chi connectivity index (χ2v) is 5.35. The van der Waals surface area contributed by atoms with Crippen LogP contribution in [-0.2, 0) is 20.7 Å². The van der Waals surface area contributed by atoms with Crippen LogP contribution < -0.4 is 5.32 Å². The van der Waals surface area contributed by atoms with E-state index >= 15 is 0 Å². The number of fused-ring (bicyclic) bond motifs is 1. The Kier molecular flexibility index (Phi) is 5.20. The number of esters is 1. The molecule has 1 aliphatic heterocycles. The summed E-state index contributed by atoms with van der Waals surface area (Å²) in [5.41, 5.74) is 0.647. The van der Waals surface area contributed by atoms with Crippen molar-refractivity contribution in [3.63, 3.8) is 0 Å². The molecule has 0 saturated carbocycles. The van der Waals surface area contributed by atoms with E-state index in [-0.39, 0.29) is 25.2 Å². The van der Waals surface area contributed by atoms with E-state index in [0.29, 0.717) is 12.1 Å². The van der Waals surface area contributed by atoms with Crippen LogP contribution in [0.15, 0.2) is 12.5 Å². The lowest BCUT2D eigenvalue weighted by molar-refractivity contribution is -0.146. The van der Waals surface area contributed by atoms with Crippen molar-refractivity contribution in [1.29, 1.82) is 0 Å². The fourth-order valence-corrected chi connectivity index (χ4v) is 2.36. The summed E-state index contributed by atoms with van der Waals surface area (Å²) in [6.07, 6.45) is 2.46. The quantitative estimate of drug-likeness (QED) is 0.786. The first kappa shape index (κ1) is 16.8. The number of imidazole rings is 1. The predicted octanol–water partition coefficient (Wildman–Crippen LogP) is 0.386. The first-order chi connectivity index (χ1) is 10.9. The van der Waals surface area contributed by atoms with E-state index in [1.807, 2.05) is 0 Å². The van der Waals surface area contributed by atoms with Gasteiger partial charge in [0.1, 0.15) is 12.4 Å². The van der Waals surface area contributed by atoms with Gasteiger partial charge in [-0.1, -0.05) is 0 Å². The highest BCUT2D eigenvalue weighted by Crippen LogP contribution is 2.18. The van der Waals surface area contributed by atoms with Crippen molar-refractivity contribution >= 4 is 18.1 Å². The number of carbonyl (C=O) groups is 3. The van der Waals surface area contributed by atoms with Crippen molar-refractivity contribution in [3.8, 4) is 0 Å². The van der Waals surface area contributed by atoms with Crippen LogP contribution in [0.1, 0.15) is 19.5 Å². The number of nitrogens with zero attached hydrogens (tertiary/aromatic N) is 3. The highest BCUT2D eigenvalue weighted by Gasteiger charge is 2.37. The van der Waals surface area contributed by atoms with Gasteiger partial charge in [0.2, 0.25) is 0 Å². The third-order valence-electron chi connectivity index (χ3n) is 3.38. The zero-order valence-electron chi connectivity index (χ0n) is 13.3. The molecule has 1 atom stereocenters. The maximum Gasteiger partial charge on any atom is 0.407 e. The molecule has 1 N–H and O–H groups in total. The van der Waals surface area contributed by atoms with Gasteiger partial charge in [-0.05, 0) is 13.8 Å². The van der Waals surface area contributed by atoms with Gasteiger partial charge in [0.05, 0.1) is 13.2 Å². The van der Waals surface area contributed by atoms with Crippen LogP contribution >= 0.6 is 0 Å². The Balaban J connectivity index is 2.03. The van der Waals surface area contributed by atoms with E-state index in [4.69, 9.17) is 9.47 Å². The van der Waals surface area contributed by atoms with Crippen molar-refractivity contribution in [2.75, 3.05) is 20.2 Å². The zero-order chi connectivity index (χ0) is 17.0. The van der Waals surface area contributed by atoms with Gasteiger partial charge in [0.15, 0.2) is 0 Å². The molecule has 1 unspecified atom stereocenters. The van der Waals surface area contributed by atoms with Crippen LogP contribution in [-0.4, -0.2) is 64.9 Å². The minimum atomic E-state index is -0.736. The summed E-state index contributed by atoms with van der Waals surface area (Å²) in [5.74, 6) is -0.504. The van der Waals surface area contributed by atoms with Crippen molar-refractivity contribution in [1.82, 2.24) is 19.8 Å². The Morgan fingerprint density at radius 1 is 1.48 bits per heavy atom. The molecular formula is C14H20N4O5. The fourth-order valence-electron chi connectivity index (χ4n) is 2.36. The topological polar surface area (TPSA) is 103 Å². The summed E-state index contributed by atoms with van der Waals surface area (Å²) in [6.45, 7) is 3.79. The Bertz CT molecular complexity index is 598. The Hall–Kier alpha value is -2.58. The monoisotopic (exact) mass is 324 g/mol. The third-order valence-corrected chi connectivity index (χ3v) is 3.38. The fraction of sp³-hybridized carbons (Fsp3) is 0.571. The van der Waals surface area contributed by atoms with E-state index in [1.54, 1.807) is 20.0 Å². The lowest BCUT2D eigenvalue weighted by Crippen LogP contribution is -2.54. The highest BCUT2D eigenvalue weighted by atomic mass is 16.6. The molecule has 0 aliphatic carbocycles. The van der Waals surface area contributed by atoms with E-state index in [2.05, 4.69) is 10.3 Å². The Morgan fingerprint density at radius 3 is 2.87 bits per heavy atom. The second kappa shape index (κ2) is 7.12. The molecule has 0 saturated heterocycles. The highest BCUT2D eigenvalue weighted by molar-refractivity contribution is 5.87. The molecule has 23 heavy (non-hydrogen) atoms. The average Bonchev–Trinajstić information content (AvgIpc) is 2.96. The van der Waals surface area contributed by atoms with E-state index in [9.17, 15) is 14.4 Å². The minimum absolute atomic E-state index is 0.156. The smallest absolute Gasteiger partial charge is 0.407 e. The Morgan fingerprint density at radius 2 is 2.22 bits per heavy atom. The number of amides is 2. The summed E-state index contributed by atoms with van der Waals surface area (Å²) < 4.78 is 11.1. The van der Waals surface area contributed by atoms with E-state index < -0.39 is 18.1 Å². The summed E-state index contributed by atoms with van der Waals surface area (Å²) in [6, 6.07) is -1.11. The summed E-state index contributed by atoms with van der Waals surface area (Å²) in [7, 11) is 1.27. The van der Waals surface area contributed by atoms with Crippen LogP contribution in [0, 0.1) is 0 Å². The van der Waals surface area contributed by atoms with E-state index in [0.717, 1.165) is 0 Å². The van der Waals surface area contributed by atoms with Gasteiger partial charge in [-0.15, -0.1) is 0 Å². The van der Waals surface area contributed by atoms with Crippen molar-refractivity contribution in [2.45, 2.75) is 32.4 Å². The third kappa shape index (κ3) is 3.79. The molecule has 0 radical (unpaired) electrons. The molecule has 2 rings (SSSR count). The van der Waals surface area contributed by atoms with Gasteiger partial charge in [-0.2, -0.15) is 0 Å². The largest absolute Gasteiger partial charge is 0.467 e. The average molecular weight is 324 g/mol. The Labute approximate surface area is 133 Å². The predicted molar refractivity (Wildman–Crippen MR) is 78.9 cm³/mol.